The number of phenols is 1. The summed E-state index contributed by atoms with van der Waals surface area (Å²) in [6, 6.07) is 9.96. The molecule has 0 unspecified atom stereocenters. The molecule has 0 radical (unpaired) electrons. The van der Waals surface area contributed by atoms with E-state index in [1.807, 2.05) is 0 Å². The summed E-state index contributed by atoms with van der Waals surface area (Å²) in [4.78, 5) is 12.7. The number of benzene rings is 2. The second-order valence-corrected chi connectivity index (χ2v) is 6.84. The van der Waals surface area contributed by atoms with Crippen LogP contribution in [0.5, 0.6) is 17.2 Å². The van der Waals surface area contributed by atoms with Crippen molar-refractivity contribution in [2.75, 3.05) is 7.11 Å². The molecule has 1 aliphatic rings. The van der Waals surface area contributed by atoms with Gasteiger partial charge in [-0.05, 0) is 49.8 Å². The molecule has 2 aromatic rings. The van der Waals surface area contributed by atoms with Gasteiger partial charge in [0.1, 0.15) is 22.8 Å². The van der Waals surface area contributed by atoms with E-state index in [-0.39, 0.29) is 11.5 Å². The van der Waals surface area contributed by atoms with Crippen molar-refractivity contribution in [2.24, 2.45) is 0 Å². The van der Waals surface area contributed by atoms with Crippen LogP contribution in [0.1, 0.15) is 35.3 Å². The van der Waals surface area contributed by atoms with E-state index in [1.165, 1.54) is 6.08 Å². The van der Waals surface area contributed by atoms with E-state index in [1.54, 1.807) is 63.4 Å². The highest BCUT2D eigenvalue weighted by molar-refractivity contribution is 6.09. The van der Waals surface area contributed by atoms with Gasteiger partial charge in [-0.2, -0.15) is 0 Å². The van der Waals surface area contributed by atoms with Crippen molar-refractivity contribution >= 4 is 11.9 Å². The fourth-order valence-electron chi connectivity index (χ4n) is 2.92. The first kappa shape index (κ1) is 18.0. The molecule has 26 heavy (non-hydrogen) atoms. The summed E-state index contributed by atoms with van der Waals surface area (Å²) in [5, 5.41) is 19.6. The van der Waals surface area contributed by atoms with Crippen molar-refractivity contribution < 1.29 is 24.5 Å². The number of aliphatic hydroxyl groups is 1. The lowest BCUT2D eigenvalue weighted by Crippen LogP contribution is -2.46. The van der Waals surface area contributed by atoms with E-state index in [2.05, 4.69) is 0 Å². The number of phenolic OH excluding ortho intramolecular Hbond substituents is 1. The molecule has 0 aliphatic carbocycles. The van der Waals surface area contributed by atoms with Crippen LogP contribution in [0.3, 0.4) is 0 Å². The van der Waals surface area contributed by atoms with Gasteiger partial charge in [0.05, 0.1) is 18.8 Å². The molecule has 1 heterocycles. The van der Waals surface area contributed by atoms with Crippen molar-refractivity contribution in [2.45, 2.75) is 32.0 Å². The molecule has 0 fully saturated rings. The van der Waals surface area contributed by atoms with Crippen molar-refractivity contribution in [3.8, 4) is 17.2 Å². The lowest BCUT2D eigenvalue weighted by Gasteiger charge is -2.38. The molecule has 0 amide bonds. The van der Waals surface area contributed by atoms with Gasteiger partial charge in [0.2, 0.25) is 0 Å². The quantitative estimate of drug-likeness (QED) is 0.650. The van der Waals surface area contributed by atoms with E-state index in [0.29, 0.717) is 29.0 Å². The summed E-state index contributed by atoms with van der Waals surface area (Å²) in [7, 11) is 1.55. The number of hydrogen-bond acceptors (Lipinski definition) is 5. The second-order valence-electron chi connectivity index (χ2n) is 6.84. The smallest absolute Gasteiger partial charge is 0.189 e. The SMILES string of the molecule is COc1ccc(C(=O)C=Cc2ccc(O)cc2)c2c1C[C@H](O)C(C)(C)O2. The minimum atomic E-state index is -0.797. The zero-order valence-electron chi connectivity index (χ0n) is 15.0. The molecule has 0 saturated carbocycles. The number of fused-ring (bicyclic) bond motifs is 1. The van der Waals surface area contributed by atoms with Gasteiger partial charge < -0.3 is 19.7 Å². The maximum absolute atomic E-state index is 12.7. The van der Waals surface area contributed by atoms with Crippen LogP contribution in [0, 0.1) is 0 Å². The highest BCUT2D eigenvalue weighted by Gasteiger charge is 2.38. The monoisotopic (exact) mass is 354 g/mol. The zero-order valence-corrected chi connectivity index (χ0v) is 15.0. The third-order valence-electron chi connectivity index (χ3n) is 4.59. The Labute approximate surface area is 152 Å². The molecular formula is C21H22O5. The van der Waals surface area contributed by atoms with E-state index in [0.717, 1.165) is 5.56 Å². The van der Waals surface area contributed by atoms with Gasteiger partial charge in [0, 0.05) is 12.0 Å². The number of allylic oxidation sites excluding steroid dienone is 1. The number of hydrogen-bond donors (Lipinski definition) is 2. The number of carbonyl (C=O) groups excluding carboxylic acids is 1. The largest absolute Gasteiger partial charge is 0.508 e. The maximum atomic E-state index is 12.7. The average molecular weight is 354 g/mol. The van der Waals surface area contributed by atoms with Crippen LogP contribution in [0.4, 0.5) is 0 Å². The van der Waals surface area contributed by atoms with Gasteiger partial charge in [-0.15, -0.1) is 0 Å². The number of ether oxygens (including phenoxy) is 2. The molecule has 0 saturated heterocycles. The molecule has 5 heteroatoms. The molecule has 3 rings (SSSR count). The van der Waals surface area contributed by atoms with Crippen molar-refractivity contribution in [3.05, 3.63) is 59.2 Å². The van der Waals surface area contributed by atoms with Gasteiger partial charge in [-0.1, -0.05) is 18.2 Å². The lowest BCUT2D eigenvalue weighted by atomic mass is 9.88. The van der Waals surface area contributed by atoms with E-state index in [4.69, 9.17) is 9.47 Å². The Morgan fingerprint density at radius 2 is 1.92 bits per heavy atom. The first-order valence-electron chi connectivity index (χ1n) is 8.40. The summed E-state index contributed by atoms with van der Waals surface area (Å²) in [5.74, 6) is 1.02. The highest BCUT2D eigenvalue weighted by Crippen LogP contribution is 2.41. The molecule has 0 aromatic heterocycles. The van der Waals surface area contributed by atoms with Gasteiger partial charge in [-0.25, -0.2) is 0 Å². The Morgan fingerprint density at radius 3 is 2.58 bits per heavy atom. The fourth-order valence-corrected chi connectivity index (χ4v) is 2.92. The third kappa shape index (κ3) is 3.44. The van der Waals surface area contributed by atoms with E-state index in [9.17, 15) is 15.0 Å². The van der Waals surface area contributed by atoms with Crippen LogP contribution in [0.25, 0.3) is 6.08 Å². The summed E-state index contributed by atoms with van der Waals surface area (Å²) in [5.41, 5.74) is 1.13. The van der Waals surface area contributed by atoms with E-state index < -0.39 is 11.7 Å². The van der Waals surface area contributed by atoms with Crippen molar-refractivity contribution in [1.29, 1.82) is 0 Å². The first-order chi connectivity index (χ1) is 12.3. The molecule has 0 spiro atoms. The second kappa shape index (κ2) is 6.84. The van der Waals surface area contributed by atoms with Gasteiger partial charge in [0.15, 0.2) is 5.78 Å². The predicted octanol–water partition coefficient (Wildman–Crippen LogP) is 3.37. The summed E-state index contributed by atoms with van der Waals surface area (Å²) in [6.45, 7) is 3.58. The van der Waals surface area contributed by atoms with Gasteiger partial charge in [-0.3, -0.25) is 4.79 Å². The zero-order chi connectivity index (χ0) is 18.9. The molecule has 136 valence electrons. The number of aliphatic hydroxyl groups excluding tert-OH is 1. The minimum absolute atomic E-state index is 0.173. The van der Waals surface area contributed by atoms with Crippen molar-refractivity contribution in [3.63, 3.8) is 0 Å². The molecule has 1 atom stereocenters. The Balaban J connectivity index is 1.96. The molecule has 1 aliphatic heterocycles. The molecule has 5 nitrogen and oxygen atoms in total. The first-order valence-corrected chi connectivity index (χ1v) is 8.40. The highest BCUT2D eigenvalue weighted by atomic mass is 16.5. The average Bonchev–Trinajstić information content (AvgIpc) is 2.61. The van der Waals surface area contributed by atoms with Crippen LogP contribution in [0.2, 0.25) is 0 Å². The topological polar surface area (TPSA) is 76.0 Å². The number of rotatable bonds is 4. The number of carbonyl (C=O) groups is 1. The summed E-state index contributed by atoms with van der Waals surface area (Å²) >= 11 is 0. The standard InChI is InChI=1S/C21H22O5/c1-21(2)19(24)12-16-18(25-3)11-9-15(20(16)26-21)17(23)10-6-13-4-7-14(22)8-5-13/h4-11,19,22,24H,12H2,1-3H3/t19-/m0/s1. The molecule has 0 bridgehead atoms. The third-order valence-corrected chi connectivity index (χ3v) is 4.59. The molecule has 2 aromatic carbocycles. The van der Waals surface area contributed by atoms with Gasteiger partial charge in [0.25, 0.3) is 0 Å². The fraction of sp³-hybridized carbons (Fsp3) is 0.286. The maximum Gasteiger partial charge on any atom is 0.189 e. The lowest BCUT2D eigenvalue weighted by molar-refractivity contribution is -0.0420. The Bertz CT molecular complexity index is 849. The summed E-state index contributed by atoms with van der Waals surface area (Å²) in [6.07, 6.45) is 2.81. The molecule has 2 N–H and O–H groups in total. The normalized spacial score (nSPS) is 18.2. The Morgan fingerprint density at radius 1 is 1.23 bits per heavy atom. The Hall–Kier alpha value is -2.79. The van der Waals surface area contributed by atoms with E-state index >= 15 is 0 Å². The number of methoxy groups -OCH3 is 1. The number of aromatic hydroxyl groups is 1. The minimum Gasteiger partial charge on any atom is -0.508 e. The van der Waals surface area contributed by atoms with Crippen LogP contribution in [-0.4, -0.2) is 34.8 Å². The van der Waals surface area contributed by atoms with Crippen LogP contribution in [0.15, 0.2) is 42.5 Å². The number of ketones is 1. The molecular weight excluding hydrogens is 332 g/mol. The summed E-state index contributed by atoms with van der Waals surface area (Å²) < 4.78 is 11.3. The van der Waals surface area contributed by atoms with Crippen molar-refractivity contribution in [1.82, 2.24) is 0 Å². The van der Waals surface area contributed by atoms with Crippen LogP contribution < -0.4 is 9.47 Å². The Kier molecular flexibility index (Phi) is 4.74. The van der Waals surface area contributed by atoms with Gasteiger partial charge >= 0.3 is 0 Å². The van der Waals surface area contributed by atoms with Crippen LogP contribution in [-0.2, 0) is 6.42 Å². The van der Waals surface area contributed by atoms with Crippen LogP contribution >= 0.6 is 0 Å². The predicted molar refractivity (Wildman–Crippen MR) is 98.9 cm³/mol.